The predicted molar refractivity (Wildman–Crippen MR) is 113 cm³/mol. The van der Waals surface area contributed by atoms with Gasteiger partial charge in [-0.1, -0.05) is 24.9 Å². The van der Waals surface area contributed by atoms with Gasteiger partial charge in [-0.3, -0.25) is 4.79 Å². The Bertz CT molecular complexity index is 1150. The minimum Gasteiger partial charge on any atom is -0.512 e. The van der Waals surface area contributed by atoms with Crippen LogP contribution in [0, 0.1) is 0 Å². The van der Waals surface area contributed by atoms with Crippen LogP contribution in [-0.2, 0) is 6.42 Å². The average molecular weight is 432 g/mol. The molecule has 3 N–H and O–H groups in total. The van der Waals surface area contributed by atoms with E-state index in [-0.39, 0.29) is 22.0 Å². The van der Waals surface area contributed by atoms with Crippen molar-refractivity contribution in [1.82, 2.24) is 0 Å². The van der Waals surface area contributed by atoms with Gasteiger partial charge in [0, 0.05) is 10.9 Å². The van der Waals surface area contributed by atoms with Crippen LogP contribution >= 0.6 is 11.6 Å². The fourth-order valence-corrected chi connectivity index (χ4v) is 3.26. The Balaban J connectivity index is 1.94. The van der Waals surface area contributed by atoms with E-state index in [1.165, 1.54) is 24.3 Å². The lowest BCUT2D eigenvalue weighted by Crippen LogP contribution is -2.21. The molecule has 0 aliphatic carbocycles. The van der Waals surface area contributed by atoms with Gasteiger partial charge in [-0.05, 0) is 42.8 Å². The van der Waals surface area contributed by atoms with Crippen LogP contribution in [0.2, 0.25) is 5.02 Å². The second-order valence-electron chi connectivity index (χ2n) is 6.40. The maximum absolute atomic E-state index is 12.7. The average Bonchev–Trinajstić information content (AvgIpc) is 2.69. The summed E-state index contributed by atoms with van der Waals surface area (Å²) in [5.74, 6) is 0.0127. The highest BCUT2D eigenvalue weighted by Gasteiger charge is 2.19. The number of carbonyl (C=O) groups excluding carboxylic acids is 1. The molecule has 1 aromatic heterocycles. The number of nitrogens with one attached hydrogen (secondary N) is 1. The Morgan fingerprint density at radius 1 is 1.23 bits per heavy atom. The summed E-state index contributed by atoms with van der Waals surface area (Å²) in [4.78, 5) is 25.2. The minimum absolute atomic E-state index is 0.0849. The van der Waals surface area contributed by atoms with E-state index in [9.17, 15) is 9.59 Å². The molecule has 2 aromatic carbocycles. The zero-order valence-electron chi connectivity index (χ0n) is 16.3. The third-order valence-corrected chi connectivity index (χ3v) is 4.67. The van der Waals surface area contributed by atoms with Crippen LogP contribution in [0.1, 0.15) is 29.3 Å². The number of ether oxygens (including phenoxy) is 1. The number of rotatable bonds is 7. The molecular weight excluding hydrogens is 412 g/mol. The quantitative estimate of drug-likeness (QED) is 0.389. The number of halogens is 1. The van der Waals surface area contributed by atoms with Crippen molar-refractivity contribution in [3.63, 3.8) is 0 Å². The Kier molecular flexibility index (Phi) is 6.66. The van der Waals surface area contributed by atoms with Crippen molar-refractivity contribution in [1.29, 1.82) is 0 Å². The molecule has 1 heterocycles. The number of fused-ring (bicyclic) bond motifs is 1. The zero-order chi connectivity index (χ0) is 21.8. The van der Waals surface area contributed by atoms with Gasteiger partial charge in [-0.15, -0.1) is 0 Å². The standard InChI is InChI=1S/C20H19BClNO7/c1-3-4-13-17(28-2)8-5-11-9-14(20(25)29-18(11)13)19(24)23-16-7-6-12(10-15(16)22)30-21(26)27/h5-10,26-27H,3-4H2,1-2H3,(H,23,24). The van der Waals surface area contributed by atoms with Crippen molar-refractivity contribution in [2.45, 2.75) is 19.8 Å². The molecular formula is C20H19BClNO7. The summed E-state index contributed by atoms with van der Waals surface area (Å²) < 4.78 is 15.5. The topological polar surface area (TPSA) is 118 Å². The third-order valence-electron chi connectivity index (χ3n) is 4.36. The summed E-state index contributed by atoms with van der Waals surface area (Å²) >= 11 is 6.09. The number of aryl methyl sites for hydroxylation is 1. The fraction of sp³-hybridized carbons (Fsp3) is 0.200. The van der Waals surface area contributed by atoms with Crippen molar-refractivity contribution in [2.24, 2.45) is 0 Å². The number of carbonyl (C=O) groups is 1. The molecule has 1 amide bonds. The number of benzene rings is 2. The van der Waals surface area contributed by atoms with Crippen LogP contribution in [-0.4, -0.2) is 30.4 Å². The molecule has 30 heavy (non-hydrogen) atoms. The van der Waals surface area contributed by atoms with Gasteiger partial charge in [0.1, 0.15) is 22.6 Å². The van der Waals surface area contributed by atoms with Crippen molar-refractivity contribution in [2.75, 3.05) is 12.4 Å². The molecule has 0 fully saturated rings. The summed E-state index contributed by atoms with van der Waals surface area (Å²) in [6.45, 7) is 2.00. The monoisotopic (exact) mass is 431 g/mol. The highest BCUT2D eigenvalue weighted by atomic mass is 35.5. The Morgan fingerprint density at radius 2 is 2.00 bits per heavy atom. The number of amides is 1. The van der Waals surface area contributed by atoms with Gasteiger partial charge in [0.15, 0.2) is 0 Å². The van der Waals surface area contributed by atoms with E-state index in [1.54, 1.807) is 19.2 Å². The maximum atomic E-state index is 12.7. The Hall–Kier alpha value is -3.01. The zero-order valence-corrected chi connectivity index (χ0v) is 17.0. The predicted octanol–water partition coefficient (Wildman–Crippen LogP) is 3.01. The van der Waals surface area contributed by atoms with Gasteiger partial charge in [-0.2, -0.15) is 0 Å². The van der Waals surface area contributed by atoms with Gasteiger partial charge < -0.3 is 29.2 Å². The largest absolute Gasteiger partial charge is 0.707 e. The number of hydrogen-bond acceptors (Lipinski definition) is 7. The molecule has 0 bridgehead atoms. The lowest BCUT2D eigenvalue weighted by Gasteiger charge is -2.12. The van der Waals surface area contributed by atoms with Gasteiger partial charge >= 0.3 is 12.9 Å². The van der Waals surface area contributed by atoms with Gasteiger partial charge in [0.05, 0.1) is 17.8 Å². The molecule has 0 spiro atoms. The highest BCUT2D eigenvalue weighted by Crippen LogP contribution is 2.30. The van der Waals surface area contributed by atoms with Crippen LogP contribution in [0.4, 0.5) is 5.69 Å². The summed E-state index contributed by atoms with van der Waals surface area (Å²) in [5, 5.41) is 20.9. The van der Waals surface area contributed by atoms with Crippen molar-refractivity contribution < 1.29 is 28.7 Å². The first-order chi connectivity index (χ1) is 14.3. The summed E-state index contributed by atoms with van der Waals surface area (Å²) in [5.41, 5.74) is 0.399. The molecule has 156 valence electrons. The molecule has 0 aliphatic rings. The SMILES string of the molecule is CCCc1c(OC)ccc2cc(C(=O)Nc3ccc(OB(O)O)cc3Cl)c(=O)oc12. The number of methoxy groups -OCH3 is 1. The molecule has 0 saturated heterocycles. The van der Waals surface area contributed by atoms with E-state index >= 15 is 0 Å². The van der Waals surface area contributed by atoms with Crippen LogP contribution in [0.5, 0.6) is 11.5 Å². The van der Waals surface area contributed by atoms with Crippen LogP contribution < -0.4 is 20.3 Å². The minimum atomic E-state index is -2.00. The Labute approximate surface area is 177 Å². The normalized spacial score (nSPS) is 10.7. The van der Waals surface area contributed by atoms with Gasteiger partial charge in [0.2, 0.25) is 0 Å². The number of hydrogen-bond donors (Lipinski definition) is 3. The highest BCUT2D eigenvalue weighted by molar-refractivity contribution is 6.35. The van der Waals surface area contributed by atoms with Crippen molar-refractivity contribution in [3.8, 4) is 11.5 Å². The molecule has 0 saturated carbocycles. The molecule has 0 unspecified atom stereocenters. The van der Waals surface area contributed by atoms with E-state index in [1.807, 2.05) is 6.92 Å². The van der Waals surface area contributed by atoms with Crippen LogP contribution in [0.25, 0.3) is 11.0 Å². The summed E-state index contributed by atoms with van der Waals surface area (Å²) in [7, 11) is -0.457. The molecule has 0 aliphatic heterocycles. The molecule has 0 atom stereocenters. The lowest BCUT2D eigenvalue weighted by molar-refractivity contribution is 0.102. The van der Waals surface area contributed by atoms with E-state index in [0.717, 1.165) is 12.0 Å². The molecule has 0 radical (unpaired) electrons. The van der Waals surface area contributed by atoms with Crippen molar-refractivity contribution in [3.05, 3.63) is 63.0 Å². The lowest BCUT2D eigenvalue weighted by atomic mass is 10.0. The maximum Gasteiger partial charge on any atom is 0.707 e. The van der Waals surface area contributed by atoms with Crippen LogP contribution in [0.3, 0.4) is 0 Å². The molecule has 3 rings (SSSR count). The molecule has 10 heteroatoms. The fourth-order valence-electron chi connectivity index (χ4n) is 3.04. The second-order valence-corrected chi connectivity index (χ2v) is 6.81. The first-order valence-electron chi connectivity index (χ1n) is 9.11. The summed E-state index contributed by atoms with van der Waals surface area (Å²) in [6.07, 6.45) is 1.48. The van der Waals surface area contributed by atoms with Crippen molar-refractivity contribution >= 4 is 41.5 Å². The van der Waals surface area contributed by atoms with E-state index in [2.05, 4.69) is 5.32 Å². The van der Waals surface area contributed by atoms with Gasteiger partial charge in [-0.25, -0.2) is 4.79 Å². The molecule has 3 aromatic rings. The van der Waals surface area contributed by atoms with E-state index < -0.39 is 18.9 Å². The smallest absolute Gasteiger partial charge is 0.512 e. The summed E-state index contributed by atoms with van der Waals surface area (Å²) in [6, 6.07) is 9.02. The first kappa shape index (κ1) is 21.7. The Morgan fingerprint density at radius 3 is 2.63 bits per heavy atom. The third kappa shape index (κ3) is 4.59. The van der Waals surface area contributed by atoms with E-state index in [0.29, 0.717) is 23.1 Å². The van der Waals surface area contributed by atoms with Gasteiger partial charge in [0.25, 0.3) is 5.91 Å². The molecule has 8 nitrogen and oxygen atoms in total. The second kappa shape index (κ2) is 9.21. The van der Waals surface area contributed by atoms with Crippen LogP contribution in [0.15, 0.2) is 45.6 Å². The number of anilines is 1. The first-order valence-corrected chi connectivity index (χ1v) is 9.49. The van der Waals surface area contributed by atoms with E-state index in [4.69, 9.17) is 35.5 Å².